The molecule has 0 radical (unpaired) electrons. The van der Waals surface area contributed by atoms with Crippen molar-refractivity contribution in [3.63, 3.8) is 0 Å². The highest BCUT2D eigenvalue weighted by atomic mass is 19.1. The molecule has 0 aromatic heterocycles. The van der Waals surface area contributed by atoms with Crippen molar-refractivity contribution in [3.05, 3.63) is 65.5 Å². The third-order valence-electron chi connectivity index (χ3n) is 4.64. The first-order chi connectivity index (χ1) is 14.3. The maximum absolute atomic E-state index is 12.9. The molecule has 0 bridgehead atoms. The summed E-state index contributed by atoms with van der Waals surface area (Å²) in [6.45, 7) is 3.54. The van der Waals surface area contributed by atoms with Crippen LogP contribution < -0.4 is 10.6 Å². The number of amides is 2. The predicted molar refractivity (Wildman–Crippen MR) is 109 cm³/mol. The zero-order valence-electron chi connectivity index (χ0n) is 16.9. The molecule has 0 saturated carbocycles. The molecule has 0 saturated heterocycles. The van der Waals surface area contributed by atoms with Gasteiger partial charge in [-0.25, -0.2) is 14.0 Å². The van der Waals surface area contributed by atoms with E-state index in [0.29, 0.717) is 23.2 Å². The number of nitrogens with one attached hydrogen (secondary N) is 2. The van der Waals surface area contributed by atoms with Crippen molar-refractivity contribution < 1.29 is 28.6 Å². The van der Waals surface area contributed by atoms with Crippen molar-refractivity contribution in [1.82, 2.24) is 5.32 Å². The van der Waals surface area contributed by atoms with Crippen LogP contribution in [0.4, 0.5) is 14.9 Å². The predicted octanol–water partition coefficient (Wildman–Crippen LogP) is 3.73. The van der Waals surface area contributed by atoms with Gasteiger partial charge < -0.3 is 20.5 Å². The zero-order valence-corrected chi connectivity index (χ0v) is 16.9. The second-order valence-electron chi connectivity index (χ2n) is 6.97. The molecule has 0 fully saturated rings. The molecule has 160 valence electrons. The molecule has 0 spiro atoms. The fourth-order valence-corrected chi connectivity index (χ4v) is 2.68. The topological polar surface area (TPSA) is 105 Å². The van der Waals surface area contributed by atoms with Crippen LogP contribution >= 0.6 is 0 Å². The van der Waals surface area contributed by atoms with Crippen LogP contribution in [0.15, 0.2) is 48.5 Å². The molecule has 3 N–H and O–H groups in total. The molecule has 2 rings (SSSR count). The second kappa shape index (κ2) is 10.9. The summed E-state index contributed by atoms with van der Waals surface area (Å²) in [6, 6.07) is 11.4. The Hall–Kier alpha value is -3.42. The van der Waals surface area contributed by atoms with Crippen molar-refractivity contribution in [3.8, 4) is 0 Å². The van der Waals surface area contributed by atoms with Crippen molar-refractivity contribution in [2.75, 3.05) is 5.32 Å². The minimum absolute atomic E-state index is 0.0392. The molecule has 0 aliphatic carbocycles. The van der Waals surface area contributed by atoms with E-state index in [1.165, 1.54) is 12.1 Å². The minimum atomic E-state index is -1.11. The van der Waals surface area contributed by atoms with Crippen molar-refractivity contribution in [2.45, 2.75) is 39.3 Å². The summed E-state index contributed by atoms with van der Waals surface area (Å²) in [5.74, 6) is -1.94. The molecule has 0 heterocycles. The van der Waals surface area contributed by atoms with Gasteiger partial charge >= 0.3 is 12.1 Å². The van der Waals surface area contributed by atoms with Gasteiger partial charge in [-0.15, -0.1) is 0 Å². The first-order valence-corrected chi connectivity index (χ1v) is 9.57. The van der Waals surface area contributed by atoms with Gasteiger partial charge in [0.2, 0.25) is 5.91 Å². The quantitative estimate of drug-likeness (QED) is 0.578. The summed E-state index contributed by atoms with van der Waals surface area (Å²) < 4.78 is 18.0. The average molecular weight is 416 g/mol. The Morgan fingerprint density at radius 3 is 2.20 bits per heavy atom. The van der Waals surface area contributed by atoms with Crippen LogP contribution in [0.1, 0.15) is 31.4 Å². The van der Waals surface area contributed by atoms with E-state index in [4.69, 9.17) is 4.74 Å². The van der Waals surface area contributed by atoms with E-state index in [-0.39, 0.29) is 30.7 Å². The first kappa shape index (κ1) is 22.9. The van der Waals surface area contributed by atoms with Gasteiger partial charge in [0.25, 0.3) is 0 Å². The van der Waals surface area contributed by atoms with Crippen LogP contribution in [0.25, 0.3) is 0 Å². The highest BCUT2D eigenvalue weighted by Crippen LogP contribution is 2.13. The Balaban J connectivity index is 1.82. The Labute approximate surface area is 174 Å². The van der Waals surface area contributed by atoms with Crippen molar-refractivity contribution in [1.29, 1.82) is 0 Å². The first-order valence-electron chi connectivity index (χ1n) is 9.57. The summed E-state index contributed by atoms with van der Waals surface area (Å²) in [5.41, 5.74) is 1.94. The van der Waals surface area contributed by atoms with Crippen LogP contribution in [0, 0.1) is 11.7 Å². The van der Waals surface area contributed by atoms with Crippen LogP contribution in [0.2, 0.25) is 0 Å². The highest BCUT2D eigenvalue weighted by Gasteiger charge is 2.25. The lowest BCUT2D eigenvalue weighted by Crippen LogP contribution is -2.45. The van der Waals surface area contributed by atoms with Crippen molar-refractivity contribution in [2.24, 2.45) is 5.92 Å². The fraction of sp³-hybridized carbons (Fsp3) is 0.318. The molecule has 2 unspecified atom stereocenters. The van der Waals surface area contributed by atoms with Crippen LogP contribution in [0.5, 0.6) is 0 Å². The van der Waals surface area contributed by atoms with E-state index in [0.717, 1.165) is 0 Å². The number of hydrogen-bond acceptors (Lipinski definition) is 4. The number of anilines is 1. The number of alkyl carbamates (subject to hydrolysis) is 1. The number of carboxylic acid groups (broad SMARTS) is 1. The molecule has 8 heteroatoms. The number of halogens is 1. The third-order valence-corrected chi connectivity index (χ3v) is 4.64. The molecule has 7 nitrogen and oxygen atoms in total. The maximum atomic E-state index is 12.9. The molecule has 2 amide bonds. The standard InChI is InChI=1S/C22H25FN2O5/c1-3-14(2)20(21(27)28)25-22(29)30-13-16-6-10-18(11-7-16)24-19(26)12-15-4-8-17(23)9-5-15/h4-11,14,20H,3,12-13H2,1-2H3,(H,24,26)(H,25,29)(H,27,28). The number of rotatable bonds is 9. The largest absolute Gasteiger partial charge is 0.480 e. The molecule has 2 aromatic rings. The third kappa shape index (κ3) is 7.20. The van der Waals surface area contributed by atoms with E-state index >= 15 is 0 Å². The van der Waals surface area contributed by atoms with Gasteiger partial charge in [-0.05, 0) is 41.3 Å². The number of carbonyl (C=O) groups excluding carboxylic acids is 2. The van der Waals surface area contributed by atoms with E-state index in [1.54, 1.807) is 43.3 Å². The maximum Gasteiger partial charge on any atom is 0.408 e. The number of ether oxygens (including phenoxy) is 1. The smallest absolute Gasteiger partial charge is 0.408 e. The number of hydrogen-bond donors (Lipinski definition) is 3. The van der Waals surface area contributed by atoms with Crippen LogP contribution in [-0.2, 0) is 27.4 Å². The molecule has 0 aliphatic rings. The van der Waals surface area contributed by atoms with E-state index < -0.39 is 18.1 Å². The van der Waals surface area contributed by atoms with Gasteiger partial charge in [0.1, 0.15) is 18.5 Å². The normalized spacial score (nSPS) is 12.5. The molecule has 2 atom stereocenters. The SMILES string of the molecule is CCC(C)C(NC(=O)OCc1ccc(NC(=O)Cc2ccc(F)cc2)cc1)C(=O)O. The molecule has 0 aliphatic heterocycles. The lowest BCUT2D eigenvalue weighted by molar-refractivity contribution is -0.140. The monoisotopic (exact) mass is 416 g/mol. The summed E-state index contributed by atoms with van der Waals surface area (Å²) in [7, 11) is 0. The van der Waals surface area contributed by atoms with Gasteiger partial charge in [0.15, 0.2) is 0 Å². The minimum Gasteiger partial charge on any atom is -0.480 e. The number of aliphatic carboxylic acids is 1. The Morgan fingerprint density at radius 1 is 1.03 bits per heavy atom. The summed E-state index contributed by atoms with van der Waals surface area (Å²) in [5, 5.41) is 14.3. The molecule has 30 heavy (non-hydrogen) atoms. The van der Waals surface area contributed by atoms with Gasteiger partial charge in [-0.1, -0.05) is 44.5 Å². The average Bonchev–Trinajstić information content (AvgIpc) is 2.72. The van der Waals surface area contributed by atoms with Crippen LogP contribution in [0.3, 0.4) is 0 Å². The Morgan fingerprint density at radius 2 is 1.63 bits per heavy atom. The molecular weight excluding hydrogens is 391 g/mol. The molecular formula is C22H25FN2O5. The number of benzene rings is 2. The lowest BCUT2D eigenvalue weighted by atomic mass is 10.00. The lowest BCUT2D eigenvalue weighted by Gasteiger charge is -2.19. The summed E-state index contributed by atoms with van der Waals surface area (Å²) in [4.78, 5) is 35.2. The van der Waals surface area contributed by atoms with Crippen molar-refractivity contribution >= 4 is 23.7 Å². The highest BCUT2D eigenvalue weighted by molar-refractivity contribution is 5.92. The summed E-state index contributed by atoms with van der Waals surface area (Å²) >= 11 is 0. The van der Waals surface area contributed by atoms with Crippen LogP contribution in [-0.4, -0.2) is 29.1 Å². The van der Waals surface area contributed by atoms with Gasteiger partial charge in [-0.3, -0.25) is 4.79 Å². The second-order valence-corrected chi connectivity index (χ2v) is 6.97. The van der Waals surface area contributed by atoms with E-state index in [1.807, 2.05) is 6.92 Å². The summed E-state index contributed by atoms with van der Waals surface area (Å²) in [6.07, 6.45) is -0.0861. The number of carboxylic acids is 1. The Kier molecular flexibility index (Phi) is 8.34. The van der Waals surface area contributed by atoms with Gasteiger partial charge in [0.05, 0.1) is 6.42 Å². The van der Waals surface area contributed by atoms with E-state index in [2.05, 4.69) is 10.6 Å². The number of carbonyl (C=O) groups is 3. The Bertz CT molecular complexity index is 868. The van der Waals surface area contributed by atoms with Gasteiger partial charge in [-0.2, -0.15) is 0 Å². The fourth-order valence-electron chi connectivity index (χ4n) is 2.68. The molecule has 2 aromatic carbocycles. The van der Waals surface area contributed by atoms with Gasteiger partial charge in [0, 0.05) is 5.69 Å². The van der Waals surface area contributed by atoms with E-state index in [9.17, 15) is 23.9 Å². The zero-order chi connectivity index (χ0) is 22.1.